The molecule has 2 heterocycles. The van der Waals surface area contributed by atoms with E-state index in [0.717, 1.165) is 45.7 Å². The minimum atomic E-state index is -0.374. The molecule has 0 saturated carbocycles. The standard InChI is InChI=1S/C27H25NO4/c1-17-26-21(15-28(16-31-26)18(2)19-7-5-4-6-8-19)13-24-23(14-25(29)32-27(17)24)20-9-11-22(30-3)12-10-20/h4-14,18H,15-16H2,1-3H3. The first-order chi connectivity index (χ1) is 15.5. The van der Waals surface area contributed by atoms with Crippen LogP contribution in [0.15, 0.2) is 75.9 Å². The van der Waals surface area contributed by atoms with Crippen molar-refractivity contribution in [2.24, 2.45) is 0 Å². The predicted octanol–water partition coefficient (Wildman–Crippen LogP) is 5.69. The van der Waals surface area contributed by atoms with Gasteiger partial charge in [0.25, 0.3) is 0 Å². The Morgan fingerprint density at radius 3 is 2.50 bits per heavy atom. The van der Waals surface area contributed by atoms with Crippen molar-refractivity contribution in [1.82, 2.24) is 4.90 Å². The molecule has 5 nitrogen and oxygen atoms in total. The van der Waals surface area contributed by atoms with Crippen LogP contribution >= 0.6 is 0 Å². The molecule has 1 atom stereocenters. The van der Waals surface area contributed by atoms with Gasteiger partial charge in [-0.05, 0) is 48.7 Å². The van der Waals surface area contributed by atoms with Crippen molar-refractivity contribution in [2.45, 2.75) is 26.4 Å². The van der Waals surface area contributed by atoms with Gasteiger partial charge in [-0.2, -0.15) is 0 Å². The van der Waals surface area contributed by atoms with Gasteiger partial charge in [0.15, 0.2) is 0 Å². The number of fused-ring (bicyclic) bond motifs is 2. The third-order valence-corrected chi connectivity index (χ3v) is 6.27. The van der Waals surface area contributed by atoms with Gasteiger partial charge in [-0.1, -0.05) is 42.5 Å². The van der Waals surface area contributed by atoms with Crippen molar-refractivity contribution in [3.05, 3.63) is 93.8 Å². The summed E-state index contributed by atoms with van der Waals surface area (Å²) in [5.41, 5.74) is 5.19. The Hall–Kier alpha value is -3.57. The van der Waals surface area contributed by atoms with Gasteiger partial charge in [0.2, 0.25) is 0 Å². The molecule has 0 bridgehead atoms. The van der Waals surface area contributed by atoms with E-state index in [1.54, 1.807) is 13.2 Å². The first-order valence-corrected chi connectivity index (χ1v) is 10.7. The topological polar surface area (TPSA) is 51.9 Å². The van der Waals surface area contributed by atoms with E-state index in [9.17, 15) is 4.79 Å². The monoisotopic (exact) mass is 427 g/mol. The SMILES string of the molecule is COc1ccc(-c2cc(=O)oc3c(C)c4c(cc23)CN(C(C)c2ccccc2)CO4)cc1. The van der Waals surface area contributed by atoms with Crippen molar-refractivity contribution in [1.29, 1.82) is 0 Å². The second-order valence-electron chi connectivity index (χ2n) is 8.18. The van der Waals surface area contributed by atoms with E-state index in [4.69, 9.17) is 13.9 Å². The molecule has 162 valence electrons. The zero-order valence-electron chi connectivity index (χ0n) is 18.4. The van der Waals surface area contributed by atoms with Gasteiger partial charge in [0, 0.05) is 35.2 Å². The molecule has 1 aromatic heterocycles. The van der Waals surface area contributed by atoms with E-state index in [0.29, 0.717) is 12.3 Å². The predicted molar refractivity (Wildman–Crippen MR) is 125 cm³/mol. The summed E-state index contributed by atoms with van der Waals surface area (Å²) < 4.78 is 17.1. The Morgan fingerprint density at radius 1 is 1.03 bits per heavy atom. The average Bonchev–Trinajstić information content (AvgIpc) is 2.84. The van der Waals surface area contributed by atoms with Crippen molar-refractivity contribution in [2.75, 3.05) is 13.8 Å². The van der Waals surface area contributed by atoms with Crippen LogP contribution in [0, 0.1) is 6.92 Å². The highest BCUT2D eigenvalue weighted by Gasteiger charge is 2.26. The van der Waals surface area contributed by atoms with Crippen LogP contribution in [0.5, 0.6) is 11.5 Å². The summed E-state index contributed by atoms with van der Waals surface area (Å²) in [6, 6.07) is 22.0. The zero-order chi connectivity index (χ0) is 22.2. The number of rotatable bonds is 4. The van der Waals surface area contributed by atoms with Crippen molar-refractivity contribution < 1.29 is 13.9 Å². The first-order valence-electron chi connectivity index (χ1n) is 10.7. The van der Waals surface area contributed by atoms with Crippen molar-refractivity contribution in [3.8, 4) is 22.6 Å². The molecule has 4 aromatic rings. The molecule has 3 aromatic carbocycles. The van der Waals surface area contributed by atoms with E-state index >= 15 is 0 Å². The Labute approximate surface area is 186 Å². The van der Waals surface area contributed by atoms with Crippen LogP contribution < -0.4 is 15.1 Å². The van der Waals surface area contributed by atoms with E-state index in [1.165, 1.54) is 5.56 Å². The molecule has 0 saturated heterocycles. The van der Waals surface area contributed by atoms with Gasteiger partial charge in [0.1, 0.15) is 23.8 Å². The summed E-state index contributed by atoms with van der Waals surface area (Å²) in [5, 5.41) is 0.906. The number of hydrogen-bond acceptors (Lipinski definition) is 5. The van der Waals surface area contributed by atoms with Crippen LogP contribution in [0.25, 0.3) is 22.1 Å². The molecule has 0 N–H and O–H groups in total. The summed E-state index contributed by atoms with van der Waals surface area (Å²) in [4.78, 5) is 14.7. The fourth-order valence-electron chi connectivity index (χ4n) is 4.44. The Morgan fingerprint density at radius 2 is 1.78 bits per heavy atom. The normalized spacial score (nSPS) is 14.6. The Balaban J connectivity index is 1.60. The van der Waals surface area contributed by atoms with Crippen LogP contribution in [-0.2, 0) is 6.54 Å². The maximum Gasteiger partial charge on any atom is 0.336 e. The number of ether oxygens (including phenoxy) is 2. The molecule has 0 fully saturated rings. The first kappa shape index (κ1) is 20.3. The molecule has 0 aliphatic carbocycles. The summed E-state index contributed by atoms with van der Waals surface area (Å²) in [7, 11) is 1.64. The van der Waals surface area contributed by atoms with Gasteiger partial charge < -0.3 is 13.9 Å². The Bertz CT molecular complexity index is 1330. The van der Waals surface area contributed by atoms with Crippen LogP contribution in [-0.4, -0.2) is 18.7 Å². The van der Waals surface area contributed by atoms with E-state index in [-0.39, 0.29) is 11.7 Å². The van der Waals surface area contributed by atoms with Gasteiger partial charge in [0.05, 0.1) is 7.11 Å². The highest BCUT2D eigenvalue weighted by molar-refractivity contribution is 5.96. The minimum absolute atomic E-state index is 0.218. The number of hydrogen-bond donors (Lipinski definition) is 0. The maximum absolute atomic E-state index is 12.4. The number of benzene rings is 3. The van der Waals surface area contributed by atoms with Crippen LogP contribution in [0.4, 0.5) is 0 Å². The quantitative estimate of drug-likeness (QED) is 0.392. The third-order valence-electron chi connectivity index (χ3n) is 6.27. The Kier molecular flexibility index (Phi) is 5.19. The number of aryl methyl sites for hydroxylation is 1. The third kappa shape index (κ3) is 3.55. The van der Waals surface area contributed by atoms with E-state index < -0.39 is 0 Å². The van der Waals surface area contributed by atoms with Gasteiger partial charge in [-0.3, -0.25) is 4.90 Å². The van der Waals surface area contributed by atoms with Gasteiger partial charge in [-0.25, -0.2) is 4.79 Å². The largest absolute Gasteiger partial charge is 0.497 e. The maximum atomic E-state index is 12.4. The zero-order valence-corrected chi connectivity index (χ0v) is 18.4. The fraction of sp³-hybridized carbons (Fsp3) is 0.222. The second kappa shape index (κ2) is 8.17. The minimum Gasteiger partial charge on any atom is -0.497 e. The lowest BCUT2D eigenvalue weighted by Gasteiger charge is -2.34. The number of methoxy groups -OCH3 is 1. The van der Waals surface area contributed by atoms with Gasteiger partial charge in [-0.15, -0.1) is 0 Å². The summed E-state index contributed by atoms with van der Waals surface area (Å²) in [6.07, 6.45) is 0. The second-order valence-corrected chi connectivity index (χ2v) is 8.18. The molecule has 0 spiro atoms. The lowest BCUT2D eigenvalue weighted by atomic mass is 9.96. The molecule has 1 aliphatic rings. The molecular weight excluding hydrogens is 402 g/mol. The highest BCUT2D eigenvalue weighted by atomic mass is 16.5. The van der Waals surface area contributed by atoms with Gasteiger partial charge >= 0.3 is 5.63 Å². The van der Waals surface area contributed by atoms with Crippen molar-refractivity contribution >= 4 is 11.0 Å². The van der Waals surface area contributed by atoms with E-state index in [2.05, 4.69) is 42.2 Å². The lowest BCUT2D eigenvalue weighted by Crippen LogP contribution is -2.34. The lowest BCUT2D eigenvalue weighted by molar-refractivity contribution is 0.0613. The summed E-state index contributed by atoms with van der Waals surface area (Å²) in [6.45, 7) is 5.39. The molecule has 5 heteroatoms. The average molecular weight is 428 g/mol. The molecule has 32 heavy (non-hydrogen) atoms. The van der Waals surface area contributed by atoms with Crippen molar-refractivity contribution in [3.63, 3.8) is 0 Å². The molecule has 0 amide bonds. The molecule has 0 radical (unpaired) electrons. The summed E-state index contributed by atoms with van der Waals surface area (Å²) in [5.74, 6) is 1.58. The molecular formula is C27H25NO4. The highest BCUT2D eigenvalue weighted by Crippen LogP contribution is 2.39. The summed E-state index contributed by atoms with van der Waals surface area (Å²) >= 11 is 0. The molecule has 5 rings (SSSR count). The molecule has 1 aliphatic heterocycles. The van der Waals surface area contributed by atoms with Crippen LogP contribution in [0.3, 0.4) is 0 Å². The smallest absolute Gasteiger partial charge is 0.336 e. The van der Waals surface area contributed by atoms with E-state index in [1.807, 2.05) is 37.3 Å². The number of nitrogens with zero attached hydrogens (tertiary/aromatic N) is 1. The fourth-order valence-corrected chi connectivity index (χ4v) is 4.44. The molecule has 1 unspecified atom stereocenters. The van der Waals surface area contributed by atoms with Crippen LogP contribution in [0.1, 0.15) is 29.7 Å². The van der Waals surface area contributed by atoms with Crippen LogP contribution in [0.2, 0.25) is 0 Å².